The van der Waals surface area contributed by atoms with E-state index in [4.69, 9.17) is 14.2 Å². The lowest BCUT2D eigenvalue weighted by atomic mass is 9.87. The van der Waals surface area contributed by atoms with Gasteiger partial charge in [-0.1, -0.05) is 25.8 Å². The molecule has 1 aromatic carbocycles. The van der Waals surface area contributed by atoms with Crippen LogP contribution < -0.4 is 14.8 Å². The average Bonchev–Trinajstić information content (AvgIpc) is 2.69. The van der Waals surface area contributed by atoms with Crippen LogP contribution in [0, 0.1) is 5.92 Å². The van der Waals surface area contributed by atoms with Crippen molar-refractivity contribution in [3.63, 3.8) is 0 Å². The smallest absolute Gasteiger partial charge is 0.161 e. The third-order valence-corrected chi connectivity index (χ3v) is 5.82. The lowest BCUT2D eigenvalue weighted by Crippen LogP contribution is -2.45. The van der Waals surface area contributed by atoms with Crippen molar-refractivity contribution in [3.8, 4) is 11.5 Å². The third kappa shape index (κ3) is 4.90. The molecule has 1 saturated carbocycles. The van der Waals surface area contributed by atoms with Gasteiger partial charge < -0.3 is 19.5 Å². The van der Waals surface area contributed by atoms with Crippen molar-refractivity contribution in [2.75, 3.05) is 47.1 Å². The number of hydrogen-bond acceptors (Lipinski definition) is 5. The van der Waals surface area contributed by atoms with Crippen LogP contribution in [0.3, 0.4) is 0 Å². The summed E-state index contributed by atoms with van der Waals surface area (Å²) in [5, 5.41) is 3.86. The number of methoxy groups -OCH3 is 2. The zero-order chi connectivity index (χ0) is 18.4. The summed E-state index contributed by atoms with van der Waals surface area (Å²) >= 11 is 0. The van der Waals surface area contributed by atoms with Gasteiger partial charge in [0.15, 0.2) is 11.5 Å². The summed E-state index contributed by atoms with van der Waals surface area (Å²) in [6.45, 7) is 6.91. The van der Waals surface area contributed by atoms with E-state index in [1.165, 1.54) is 31.2 Å². The number of nitrogens with zero attached hydrogens (tertiary/aromatic N) is 1. The average molecular weight is 363 g/mol. The predicted octanol–water partition coefficient (Wildman–Crippen LogP) is 3.25. The van der Waals surface area contributed by atoms with Gasteiger partial charge in [-0.15, -0.1) is 0 Å². The molecule has 0 radical (unpaired) electrons. The zero-order valence-corrected chi connectivity index (χ0v) is 16.5. The highest BCUT2D eigenvalue weighted by atomic mass is 16.5. The second-order valence-electron chi connectivity index (χ2n) is 7.66. The van der Waals surface area contributed by atoms with E-state index in [2.05, 4.69) is 29.3 Å². The number of benzene rings is 1. The topological polar surface area (TPSA) is 43.0 Å². The third-order valence-electron chi connectivity index (χ3n) is 5.82. The van der Waals surface area contributed by atoms with Gasteiger partial charge in [0.2, 0.25) is 0 Å². The van der Waals surface area contributed by atoms with Gasteiger partial charge in [-0.3, -0.25) is 4.90 Å². The van der Waals surface area contributed by atoms with Crippen molar-refractivity contribution in [3.05, 3.63) is 23.8 Å². The van der Waals surface area contributed by atoms with Gasteiger partial charge in [0, 0.05) is 31.7 Å². The van der Waals surface area contributed by atoms with Gasteiger partial charge in [0.05, 0.1) is 27.4 Å². The molecule has 5 heteroatoms. The van der Waals surface area contributed by atoms with E-state index in [-0.39, 0.29) is 0 Å². The predicted molar refractivity (Wildman–Crippen MR) is 104 cm³/mol. The van der Waals surface area contributed by atoms with Crippen LogP contribution in [0.15, 0.2) is 18.2 Å². The first-order valence-corrected chi connectivity index (χ1v) is 9.98. The molecule has 0 spiro atoms. The number of hydrogen-bond donors (Lipinski definition) is 1. The van der Waals surface area contributed by atoms with Crippen molar-refractivity contribution in [2.24, 2.45) is 5.92 Å². The van der Waals surface area contributed by atoms with Gasteiger partial charge in [-0.25, -0.2) is 0 Å². The minimum atomic E-state index is 0.330. The number of ether oxygens (including phenoxy) is 3. The minimum Gasteiger partial charge on any atom is -0.493 e. The lowest BCUT2D eigenvalue weighted by Gasteiger charge is -2.37. The van der Waals surface area contributed by atoms with Gasteiger partial charge >= 0.3 is 0 Å². The highest BCUT2D eigenvalue weighted by molar-refractivity contribution is 5.44. The molecule has 1 heterocycles. The number of morpholine rings is 1. The van der Waals surface area contributed by atoms with Crippen molar-refractivity contribution in [1.29, 1.82) is 0 Å². The molecule has 3 atom stereocenters. The molecule has 3 rings (SSSR count). The van der Waals surface area contributed by atoms with Crippen LogP contribution in [-0.4, -0.2) is 58.0 Å². The van der Waals surface area contributed by atoms with Crippen LogP contribution in [-0.2, 0) is 4.74 Å². The molecule has 26 heavy (non-hydrogen) atoms. The second-order valence-corrected chi connectivity index (χ2v) is 7.66. The highest BCUT2D eigenvalue weighted by Gasteiger charge is 2.26. The Kier molecular flexibility index (Phi) is 7.17. The summed E-state index contributed by atoms with van der Waals surface area (Å²) in [5.41, 5.74) is 1.28. The molecule has 0 amide bonds. The van der Waals surface area contributed by atoms with Gasteiger partial charge in [0.25, 0.3) is 0 Å². The van der Waals surface area contributed by atoms with E-state index in [0.717, 1.165) is 50.3 Å². The molecule has 3 unspecified atom stereocenters. The van der Waals surface area contributed by atoms with Crippen LogP contribution in [0.1, 0.15) is 44.2 Å². The quantitative estimate of drug-likeness (QED) is 0.807. The molecule has 0 aromatic heterocycles. The standard InChI is InChI=1S/C21H34N2O3/c1-16-5-4-6-18(13-16)22-15-19(23-9-11-26-12-10-23)17-7-8-20(24-2)21(14-17)25-3/h7-8,14,16,18-19,22H,4-6,9-13,15H2,1-3H3. The first-order valence-electron chi connectivity index (χ1n) is 9.98. The van der Waals surface area contributed by atoms with Gasteiger partial charge in [-0.05, 0) is 36.5 Å². The van der Waals surface area contributed by atoms with Crippen LogP contribution in [0.2, 0.25) is 0 Å². The number of nitrogens with one attached hydrogen (secondary N) is 1. The van der Waals surface area contributed by atoms with Crippen molar-refractivity contribution < 1.29 is 14.2 Å². The number of rotatable bonds is 7. The lowest BCUT2D eigenvalue weighted by molar-refractivity contribution is 0.0152. The normalized spacial score (nSPS) is 25.7. The van der Waals surface area contributed by atoms with Gasteiger partial charge in [0.1, 0.15) is 0 Å². The van der Waals surface area contributed by atoms with Crippen molar-refractivity contribution >= 4 is 0 Å². The maximum atomic E-state index is 5.57. The molecular formula is C21H34N2O3. The Morgan fingerprint density at radius 2 is 1.92 bits per heavy atom. The fraction of sp³-hybridized carbons (Fsp3) is 0.714. The van der Waals surface area contributed by atoms with Crippen LogP contribution in [0.4, 0.5) is 0 Å². The molecule has 1 saturated heterocycles. The van der Waals surface area contributed by atoms with Crippen LogP contribution in [0.25, 0.3) is 0 Å². The maximum Gasteiger partial charge on any atom is 0.161 e. The van der Waals surface area contributed by atoms with Crippen LogP contribution >= 0.6 is 0 Å². The molecule has 2 fully saturated rings. The Balaban J connectivity index is 1.74. The maximum absolute atomic E-state index is 5.57. The summed E-state index contributed by atoms with van der Waals surface area (Å²) in [5.74, 6) is 2.42. The molecular weight excluding hydrogens is 328 g/mol. The summed E-state index contributed by atoms with van der Waals surface area (Å²) in [6.07, 6.45) is 5.31. The fourth-order valence-electron chi connectivity index (χ4n) is 4.30. The Morgan fingerprint density at radius 1 is 1.15 bits per heavy atom. The Morgan fingerprint density at radius 3 is 2.62 bits per heavy atom. The molecule has 1 aliphatic carbocycles. The van der Waals surface area contributed by atoms with E-state index >= 15 is 0 Å². The molecule has 1 aliphatic heterocycles. The fourth-order valence-corrected chi connectivity index (χ4v) is 4.30. The largest absolute Gasteiger partial charge is 0.493 e. The first-order chi connectivity index (χ1) is 12.7. The van der Waals surface area contributed by atoms with E-state index in [1.807, 2.05) is 6.07 Å². The van der Waals surface area contributed by atoms with E-state index in [1.54, 1.807) is 14.2 Å². The zero-order valence-electron chi connectivity index (χ0n) is 16.5. The van der Waals surface area contributed by atoms with E-state index < -0.39 is 0 Å². The van der Waals surface area contributed by atoms with E-state index in [0.29, 0.717) is 12.1 Å². The first kappa shape index (κ1) is 19.5. The Bertz CT molecular complexity index is 560. The molecule has 1 N–H and O–H groups in total. The summed E-state index contributed by atoms with van der Waals surface area (Å²) in [4.78, 5) is 2.53. The summed E-state index contributed by atoms with van der Waals surface area (Å²) in [6, 6.07) is 7.29. The van der Waals surface area contributed by atoms with Crippen molar-refractivity contribution in [2.45, 2.75) is 44.7 Å². The SMILES string of the molecule is COc1ccc(C(CNC2CCCC(C)C2)N2CCOCC2)cc1OC. The molecule has 0 bridgehead atoms. The molecule has 5 nitrogen and oxygen atoms in total. The Hall–Kier alpha value is -1.30. The van der Waals surface area contributed by atoms with Crippen LogP contribution in [0.5, 0.6) is 11.5 Å². The monoisotopic (exact) mass is 362 g/mol. The molecule has 1 aromatic rings. The Labute approximate surface area is 158 Å². The highest BCUT2D eigenvalue weighted by Crippen LogP contribution is 2.32. The minimum absolute atomic E-state index is 0.330. The summed E-state index contributed by atoms with van der Waals surface area (Å²) < 4.78 is 16.5. The summed E-state index contributed by atoms with van der Waals surface area (Å²) in [7, 11) is 3.38. The van der Waals surface area contributed by atoms with Crippen molar-refractivity contribution in [1.82, 2.24) is 10.2 Å². The van der Waals surface area contributed by atoms with E-state index in [9.17, 15) is 0 Å². The molecule has 146 valence electrons. The second kappa shape index (κ2) is 9.58. The molecule has 2 aliphatic rings. The van der Waals surface area contributed by atoms with Gasteiger partial charge in [-0.2, -0.15) is 0 Å².